The lowest BCUT2D eigenvalue weighted by molar-refractivity contribution is -0.0516. The Balaban J connectivity index is 2.44. The summed E-state index contributed by atoms with van der Waals surface area (Å²) in [7, 11) is -2.14. The Morgan fingerprint density at radius 2 is 1.42 bits per heavy atom. The van der Waals surface area contributed by atoms with Gasteiger partial charge in [0.15, 0.2) is 11.5 Å². The summed E-state index contributed by atoms with van der Waals surface area (Å²) in [4.78, 5) is 0. The van der Waals surface area contributed by atoms with Crippen molar-refractivity contribution in [2.24, 2.45) is 0 Å². The summed E-state index contributed by atoms with van der Waals surface area (Å²) in [5.41, 5.74) is 2.01. The summed E-state index contributed by atoms with van der Waals surface area (Å²) in [6, 6.07) is 3.30. The van der Waals surface area contributed by atoms with Gasteiger partial charge in [-0.25, -0.2) is 0 Å². The first kappa shape index (κ1) is 21.0. The van der Waals surface area contributed by atoms with Gasteiger partial charge in [-0.1, -0.05) is 41.5 Å². The second kappa shape index (κ2) is 8.15. The topological polar surface area (TPSA) is 27.7 Å². The molecule has 0 atom stereocenters. The van der Waals surface area contributed by atoms with Gasteiger partial charge in [0.25, 0.3) is 8.32 Å². The predicted octanol–water partition coefficient (Wildman–Crippen LogP) is 6.69. The SMILES string of the molecule is Cc1c(O[Si](C(C)C)(C(C)C)C(C)C)ccc(OC(F)F)c1OC1CC1. The minimum atomic E-state index is -2.88. The van der Waals surface area contributed by atoms with Crippen molar-refractivity contribution in [3.05, 3.63) is 17.7 Å². The van der Waals surface area contributed by atoms with Crippen LogP contribution in [-0.4, -0.2) is 21.0 Å². The van der Waals surface area contributed by atoms with Gasteiger partial charge in [-0.15, -0.1) is 0 Å². The zero-order valence-electron chi connectivity index (χ0n) is 16.9. The Hall–Kier alpha value is -1.30. The van der Waals surface area contributed by atoms with Gasteiger partial charge in [0, 0.05) is 5.56 Å². The average molecular weight is 387 g/mol. The van der Waals surface area contributed by atoms with Crippen LogP contribution in [0.2, 0.25) is 16.6 Å². The Morgan fingerprint density at radius 3 is 1.85 bits per heavy atom. The molecule has 3 nitrogen and oxygen atoms in total. The summed E-state index contributed by atoms with van der Waals surface area (Å²) in [5.74, 6) is 1.21. The molecule has 6 heteroatoms. The van der Waals surface area contributed by atoms with Crippen molar-refractivity contribution in [3.63, 3.8) is 0 Å². The molecular formula is C20H32F2O3Si. The van der Waals surface area contributed by atoms with E-state index in [-0.39, 0.29) is 11.9 Å². The lowest BCUT2D eigenvalue weighted by Crippen LogP contribution is -2.50. The number of hydrogen-bond donors (Lipinski definition) is 0. The first-order valence-corrected chi connectivity index (χ1v) is 11.7. The smallest absolute Gasteiger partial charge is 0.387 e. The first-order chi connectivity index (χ1) is 12.1. The summed E-state index contributed by atoms with van der Waals surface area (Å²) in [6.45, 7) is 12.3. The number of benzene rings is 1. The van der Waals surface area contributed by atoms with Gasteiger partial charge in [-0.05, 0) is 48.5 Å². The molecule has 1 aliphatic rings. The van der Waals surface area contributed by atoms with Crippen LogP contribution >= 0.6 is 0 Å². The van der Waals surface area contributed by atoms with Gasteiger partial charge in [-0.3, -0.25) is 0 Å². The highest BCUT2D eigenvalue weighted by Gasteiger charge is 2.47. The van der Waals surface area contributed by atoms with Crippen LogP contribution in [0.15, 0.2) is 12.1 Å². The normalized spacial score (nSPS) is 15.3. The van der Waals surface area contributed by atoms with Crippen molar-refractivity contribution < 1.29 is 22.7 Å². The minimum Gasteiger partial charge on any atom is -0.542 e. The average Bonchev–Trinajstić information content (AvgIpc) is 3.32. The van der Waals surface area contributed by atoms with Crippen molar-refractivity contribution in [1.29, 1.82) is 0 Å². The fourth-order valence-corrected chi connectivity index (χ4v) is 9.30. The van der Waals surface area contributed by atoms with Crippen molar-refractivity contribution in [1.82, 2.24) is 0 Å². The molecule has 0 N–H and O–H groups in total. The largest absolute Gasteiger partial charge is 0.542 e. The van der Waals surface area contributed by atoms with Crippen LogP contribution in [0, 0.1) is 6.92 Å². The lowest BCUT2D eigenvalue weighted by atomic mass is 10.2. The second-order valence-corrected chi connectivity index (χ2v) is 13.5. The van der Waals surface area contributed by atoms with E-state index in [1.54, 1.807) is 12.1 Å². The zero-order valence-corrected chi connectivity index (χ0v) is 17.9. The van der Waals surface area contributed by atoms with E-state index in [9.17, 15) is 8.78 Å². The summed E-state index contributed by atoms with van der Waals surface area (Å²) >= 11 is 0. The maximum absolute atomic E-state index is 12.8. The van der Waals surface area contributed by atoms with Crippen LogP contribution in [0.25, 0.3) is 0 Å². The molecule has 1 fully saturated rings. The van der Waals surface area contributed by atoms with E-state index < -0.39 is 14.9 Å². The third kappa shape index (κ3) is 4.33. The fraction of sp³-hybridized carbons (Fsp3) is 0.700. The monoisotopic (exact) mass is 386 g/mol. The van der Waals surface area contributed by atoms with Gasteiger partial charge in [-0.2, -0.15) is 8.78 Å². The molecular weight excluding hydrogens is 354 g/mol. The Labute approximate surface area is 157 Å². The predicted molar refractivity (Wildman–Crippen MR) is 103 cm³/mol. The van der Waals surface area contributed by atoms with E-state index in [0.29, 0.717) is 22.4 Å². The van der Waals surface area contributed by atoms with E-state index in [2.05, 4.69) is 46.3 Å². The van der Waals surface area contributed by atoms with Crippen LogP contribution in [0.4, 0.5) is 8.78 Å². The molecule has 1 aromatic rings. The highest BCUT2D eigenvalue weighted by atomic mass is 28.4. The Morgan fingerprint density at radius 1 is 0.923 bits per heavy atom. The molecule has 0 unspecified atom stereocenters. The van der Waals surface area contributed by atoms with E-state index in [1.165, 1.54) is 0 Å². The van der Waals surface area contributed by atoms with E-state index in [1.807, 2.05) is 6.92 Å². The van der Waals surface area contributed by atoms with Crippen LogP contribution in [-0.2, 0) is 0 Å². The van der Waals surface area contributed by atoms with Crippen molar-refractivity contribution in [3.8, 4) is 17.2 Å². The number of ether oxygens (including phenoxy) is 2. The molecule has 0 heterocycles. The molecule has 0 amide bonds. The van der Waals surface area contributed by atoms with Gasteiger partial charge in [0.05, 0.1) is 6.10 Å². The summed E-state index contributed by atoms with van der Waals surface area (Å²) < 4.78 is 42.9. The van der Waals surface area contributed by atoms with Crippen LogP contribution in [0.1, 0.15) is 59.9 Å². The second-order valence-electron chi connectivity index (χ2n) is 8.13. The molecule has 0 aliphatic heterocycles. The number of rotatable bonds is 9. The third-order valence-corrected chi connectivity index (χ3v) is 11.3. The highest BCUT2D eigenvalue weighted by Crippen LogP contribution is 2.46. The maximum Gasteiger partial charge on any atom is 0.387 e. The van der Waals surface area contributed by atoms with Gasteiger partial charge in [0.1, 0.15) is 5.75 Å². The molecule has 1 saturated carbocycles. The molecule has 0 saturated heterocycles. The highest BCUT2D eigenvalue weighted by molar-refractivity contribution is 6.78. The Bertz CT molecular complexity index is 592. The van der Waals surface area contributed by atoms with Crippen LogP contribution < -0.4 is 13.9 Å². The molecule has 1 aliphatic carbocycles. The molecule has 26 heavy (non-hydrogen) atoms. The molecule has 0 radical (unpaired) electrons. The fourth-order valence-electron chi connectivity index (χ4n) is 3.99. The number of alkyl halides is 2. The summed E-state index contributed by atoms with van der Waals surface area (Å²) in [6.07, 6.45) is 1.98. The van der Waals surface area contributed by atoms with Crippen molar-refractivity contribution in [2.45, 2.75) is 90.6 Å². The lowest BCUT2D eigenvalue weighted by Gasteiger charge is -2.42. The van der Waals surface area contributed by atoms with Gasteiger partial charge in [0.2, 0.25) is 0 Å². The molecule has 0 aromatic heterocycles. The zero-order chi connectivity index (χ0) is 19.6. The van der Waals surface area contributed by atoms with Crippen molar-refractivity contribution in [2.75, 3.05) is 0 Å². The van der Waals surface area contributed by atoms with E-state index >= 15 is 0 Å². The third-order valence-electron chi connectivity index (χ3n) is 5.34. The Kier molecular flexibility index (Phi) is 6.59. The van der Waals surface area contributed by atoms with E-state index in [4.69, 9.17) is 9.16 Å². The molecule has 0 bridgehead atoms. The molecule has 1 aromatic carbocycles. The van der Waals surface area contributed by atoms with Crippen molar-refractivity contribution >= 4 is 8.32 Å². The quantitative estimate of drug-likeness (QED) is 0.442. The van der Waals surface area contributed by atoms with Gasteiger partial charge < -0.3 is 13.9 Å². The van der Waals surface area contributed by atoms with Crippen LogP contribution in [0.5, 0.6) is 17.2 Å². The molecule has 0 spiro atoms. The number of halogens is 2. The number of hydrogen-bond acceptors (Lipinski definition) is 3. The maximum atomic E-state index is 12.8. The van der Waals surface area contributed by atoms with E-state index in [0.717, 1.165) is 24.2 Å². The summed E-state index contributed by atoms with van der Waals surface area (Å²) in [5, 5.41) is 0. The van der Waals surface area contributed by atoms with Gasteiger partial charge >= 0.3 is 6.61 Å². The first-order valence-electron chi connectivity index (χ1n) is 9.53. The minimum absolute atomic E-state index is 0.0858. The van der Waals surface area contributed by atoms with Crippen LogP contribution in [0.3, 0.4) is 0 Å². The molecule has 2 rings (SSSR count). The standard InChI is InChI=1S/C20H32F2O3Si/c1-12(2)26(13(3)4,14(5)6)25-17-10-11-18(24-20(21)22)19(15(17)7)23-16-8-9-16/h10-14,16,20H,8-9H2,1-7H3. The molecule has 148 valence electrons.